The minimum absolute atomic E-state index is 0.146. The predicted molar refractivity (Wildman–Crippen MR) is 131 cm³/mol. The van der Waals surface area contributed by atoms with Gasteiger partial charge in [0.2, 0.25) is 0 Å². The number of methoxy groups -OCH3 is 1. The maximum Gasteiger partial charge on any atom is 0.173 e. The van der Waals surface area contributed by atoms with Crippen molar-refractivity contribution in [2.75, 3.05) is 20.3 Å². The Morgan fingerprint density at radius 3 is 2.03 bits per heavy atom. The zero-order valence-corrected chi connectivity index (χ0v) is 20.0. The van der Waals surface area contributed by atoms with Gasteiger partial charge < -0.3 is 14.3 Å². The van der Waals surface area contributed by atoms with E-state index in [-0.39, 0.29) is 22.7 Å². The molecular weight excluding hydrogens is 467 g/mol. The van der Waals surface area contributed by atoms with Crippen LogP contribution in [0.15, 0.2) is 89.3 Å². The molecule has 1 heterocycles. The highest BCUT2D eigenvalue weighted by molar-refractivity contribution is 5.44. The lowest BCUT2D eigenvalue weighted by molar-refractivity contribution is 0.0941. The van der Waals surface area contributed by atoms with Crippen LogP contribution in [0.3, 0.4) is 0 Å². The van der Waals surface area contributed by atoms with Gasteiger partial charge in [0.15, 0.2) is 5.60 Å². The van der Waals surface area contributed by atoms with E-state index in [0.29, 0.717) is 32.0 Å². The number of hydrogen-bond donors (Lipinski definition) is 1. The van der Waals surface area contributed by atoms with Crippen molar-refractivity contribution in [3.05, 3.63) is 131 Å². The van der Waals surface area contributed by atoms with Crippen molar-refractivity contribution < 1.29 is 27.4 Å². The summed E-state index contributed by atoms with van der Waals surface area (Å²) in [6.07, 6.45) is 0.780. The molecule has 3 aromatic carbocycles. The number of halogens is 3. The third-order valence-corrected chi connectivity index (χ3v) is 6.02. The quantitative estimate of drug-likeness (QED) is 0.259. The highest BCUT2D eigenvalue weighted by Crippen LogP contribution is 2.38. The van der Waals surface area contributed by atoms with E-state index < -0.39 is 17.2 Å². The summed E-state index contributed by atoms with van der Waals surface area (Å²) < 4.78 is 52.8. The molecule has 188 valence electrons. The van der Waals surface area contributed by atoms with Crippen molar-refractivity contribution in [1.29, 1.82) is 0 Å². The summed E-state index contributed by atoms with van der Waals surface area (Å²) in [4.78, 5) is 2.12. The van der Waals surface area contributed by atoms with E-state index in [0.717, 1.165) is 12.0 Å². The van der Waals surface area contributed by atoms with Crippen molar-refractivity contribution in [2.45, 2.75) is 25.1 Å². The SMILES string of the molecule is COCCCN(Cc1ccc(F)cc1)Cc1ccc(C(O)(c2cccc(F)c2)c2cccc(F)c2)o1. The van der Waals surface area contributed by atoms with Crippen LogP contribution in [0.1, 0.15) is 34.6 Å². The monoisotopic (exact) mass is 495 g/mol. The van der Waals surface area contributed by atoms with Gasteiger partial charge in [0.05, 0.1) is 6.54 Å². The van der Waals surface area contributed by atoms with E-state index in [1.807, 2.05) is 0 Å². The molecule has 0 amide bonds. The number of benzene rings is 3. The van der Waals surface area contributed by atoms with E-state index in [1.54, 1.807) is 43.5 Å². The van der Waals surface area contributed by atoms with Gasteiger partial charge in [-0.15, -0.1) is 0 Å². The molecule has 0 aliphatic rings. The number of aliphatic hydroxyl groups is 1. The van der Waals surface area contributed by atoms with Gasteiger partial charge in [0, 0.05) is 26.8 Å². The van der Waals surface area contributed by atoms with Gasteiger partial charge in [0.25, 0.3) is 0 Å². The van der Waals surface area contributed by atoms with Gasteiger partial charge in [-0.25, -0.2) is 13.2 Å². The van der Waals surface area contributed by atoms with Crippen LogP contribution in [-0.2, 0) is 23.4 Å². The van der Waals surface area contributed by atoms with Crippen LogP contribution in [0.25, 0.3) is 0 Å². The van der Waals surface area contributed by atoms with Crippen LogP contribution in [-0.4, -0.2) is 30.3 Å². The lowest BCUT2D eigenvalue weighted by atomic mass is 9.84. The van der Waals surface area contributed by atoms with Crippen molar-refractivity contribution in [3.8, 4) is 0 Å². The first-order chi connectivity index (χ1) is 17.4. The lowest BCUT2D eigenvalue weighted by Gasteiger charge is -2.27. The minimum Gasteiger partial charge on any atom is -0.461 e. The molecule has 4 aromatic rings. The molecule has 0 saturated carbocycles. The zero-order valence-electron chi connectivity index (χ0n) is 20.0. The van der Waals surface area contributed by atoms with Crippen LogP contribution < -0.4 is 0 Å². The van der Waals surface area contributed by atoms with Gasteiger partial charge in [0.1, 0.15) is 29.0 Å². The van der Waals surface area contributed by atoms with Crippen molar-refractivity contribution in [3.63, 3.8) is 0 Å². The molecule has 0 saturated heterocycles. The summed E-state index contributed by atoms with van der Waals surface area (Å²) in [7, 11) is 1.64. The smallest absolute Gasteiger partial charge is 0.173 e. The minimum atomic E-state index is -1.90. The Kier molecular flexibility index (Phi) is 8.25. The molecule has 0 fully saturated rings. The Hall–Kier alpha value is -3.39. The second-order valence-corrected chi connectivity index (χ2v) is 8.68. The Labute approximate surface area is 208 Å². The molecule has 4 rings (SSSR count). The van der Waals surface area contributed by atoms with E-state index in [9.17, 15) is 18.3 Å². The summed E-state index contributed by atoms with van der Waals surface area (Å²) in [5.74, 6) is -0.645. The fraction of sp³-hybridized carbons (Fsp3) is 0.241. The maximum atomic E-state index is 14.1. The third-order valence-electron chi connectivity index (χ3n) is 6.02. The summed E-state index contributed by atoms with van der Waals surface area (Å²) in [5, 5.41) is 11.9. The van der Waals surface area contributed by atoms with Crippen molar-refractivity contribution in [2.24, 2.45) is 0 Å². The van der Waals surface area contributed by atoms with Gasteiger partial charge >= 0.3 is 0 Å². The topological polar surface area (TPSA) is 45.8 Å². The first-order valence-electron chi connectivity index (χ1n) is 11.7. The highest BCUT2D eigenvalue weighted by atomic mass is 19.1. The van der Waals surface area contributed by atoms with Gasteiger partial charge in [-0.3, -0.25) is 4.90 Å². The first-order valence-corrected chi connectivity index (χ1v) is 11.7. The molecule has 0 unspecified atom stereocenters. The number of furan rings is 1. The summed E-state index contributed by atoms with van der Waals surface area (Å²) >= 11 is 0. The third kappa shape index (κ3) is 6.05. The molecule has 1 aromatic heterocycles. The van der Waals surface area contributed by atoms with E-state index in [2.05, 4.69) is 4.90 Å². The molecule has 1 N–H and O–H groups in total. The second kappa shape index (κ2) is 11.6. The normalized spacial score (nSPS) is 11.8. The molecule has 0 aliphatic heterocycles. The zero-order chi connectivity index (χ0) is 25.5. The summed E-state index contributed by atoms with van der Waals surface area (Å²) in [6, 6.07) is 20.8. The van der Waals surface area contributed by atoms with Crippen LogP contribution in [0.2, 0.25) is 0 Å². The Morgan fingerprint density at radius 1 is 0.806 bits per heavy atom. The van der Waals surface area contributed by atoms with Gasteiger partial charge in [-0.2, -0.15) is 0 Å². The second-order valence-electron chi connectivity index (χ2n) is 8.68. The number of rotatable bonds is 11. The molecule has 4 nitrogen and oxygen atoms in total. The van der Waals surface area contributed by atoms with E-state index in [1.165, 1.54) is 48.5 Å². The van der Waals surface area contributed by atoms with Crippen LogP contribution in [0.5, 0.6) is 0 Å². The highest BCUT2D eigenvalue weighted by Gasteiger charge is 2.38. The average molecular weight is 496 g/mol. The molecule has 7 heteroatoms. The first kappa shape index (κ1) is 25.7. The number of nitrogens with zero attached hydrogens (tertiary/aromatic N) is 1. The molecule has 0 spiro atoms. The predicted octanol–water partition coefficient (Wildman–Crippen LogP) is 6.02. The Morgan fingerprint density at radius 2 is 1.44 bits per heavy atom. The largest absolute Gasteiger partial charge is 0.461 e. The molecule has 36 heavy (non-hydrogen) atoms. The standard InChI is InChI=1S/C29H28F3NO3/c1-35-16-4-15-33(19-21-9-11-24(30)12-10-21)20-27-13-14-28(36-27)29(34,22-5-2-7-25(31)17-22)23-6-3-8-26(32)18-23/h2-3,5-14,17-18,34H,4,15-16,19-20H2,1H3. The van der Waals surface area contributed by atoms with Crippen LogP contribution >= 0.6 is 0 Å². The molecular formula is C29H28F3NO3. The number of ether oxygens (including phenoxy) is 1. The van der Waals surface area contributed by atoms with Crippen molar-refractivity contribution >= 4 is 0 Å². The summed E-state index contributed by atoms with van der Waals surface area (Å²) in [6.45, 7) is 2.24. The molecule has 0 bridgehead atoms. The lowest BCUT2D eigenvalue weighted by Crippen LogP contribution is -2.29. The van der Waals surface area contributed by atoms with E-state index in [4.69, 9.17) is 9.15 Å². The fourth-order valence-electron chi connectivity index (χ4n) is 4.25. The molecule has 0 atom stereocenters. The Balaban J connectivity index is 1.64. The van der Waals surface area contributed by atoms with Crippen LogP contribution in [0.4, 0.5) is 13.2 Å². The molecule has 0 aliphatic carbocycles. The van der Waals surface area contributed by atoms with Gasteiger partial charge in [-0.05, 0) is 71.6 Å². The van der Waals surface area contributed by atoms with Crippen LogP contribution in [0, 0.1) is 17.5 Å². The number of hydrogen-bond acceptors (Lipinski definition) is 4. The molecule has 0 radical (unpaired) electrons. The van der Waals surface area contributed by atoms with Gasteiger partial charge in [-0.1, -0.05) is 36.4 Å². The Bertz CT molecular complexity index is 1230. The van der Waals surface area contributed by atoms with E-state index >= 15 is 0 Å². The maximum absolute atomic E-state index is 14.1. The average Bonchev–Trinajstić information content (AvgIpc) is 3.34. The summed E-state index contributed by atoms with van der Waals surface area (Å²) in [5.41, 5.74) is -0.522. The van der Waals surface area contributed by atoms with Crippen molar-refractivity contribution in [1.82, 2.24) is 4.90 Å². The fourth-order valence-corrected chi connectivity index (χ4v) is 4.25.